The highest BCUT2D eigenvalue weighted by Crippen LogP contribution is 2.26. The number of hydrogen-bond donors (Lipinski definition) is 2. The molecule has 0 unspecified atom stereocenters. The predicted molar refractivity (Wildman–Crippen MR) is 75.7 cm³/mol. The maximum absolute atomic E-state index is 12.0. The summed E-state index contributed by atoms with van der Waals surface area (Å²) in [6.07, 6.45) is 2.73. The zero-order valence-electron chi connectivity index (χ0n) is 12.4. The molecule has 1 fully saturated rings. The molecule has 6 nitrogen and oxygen atoms in total. The summed E-state index contributed by atoms with van der Waals surface area (Å²) in [6.45, 7) is 6.41. The van der Waals surface area contributed by atoms with Gasteiger partial charge in [0.2, 0.25) is 0 Å². The first-order chi connectivity index (χ1) is 9.50. The molecule has 6 heteroatoms. The van der Waals surface area contributed by atoms with Crippen LogP contribution in [0.3, 0.4) is 0 Å². The molecule has 0 aromatic heterocycles. The summed E-state index contributed by atoms with van der Waals surface area (Å²) in [5.74, 6) is -0.350. The fourth-order valence-electron chi connectivity index (χ4n) is 1.84. The lowest BCUT2D eigenvalue weighted by Gasteiger charge is -2.22. The fraction of sp³-hybridized carbons (Fsp3) is 0.857. The van der Waals surface area contributed by atoms with Gasteiger partial charge in [0.15, 0.2) is 0 Å². The van der Waals surface area contributed by atoms with E-state index in [4.69, 9.17) is 9.84 Å². The van der Waals surface area contributed by atoms with E-state index in [0.29, 0.717) is 19.1 Å². The normalized spacial score (nSPS) is 14.3. The molecular formula is C14H26N2O4. The van der Waals surface area contributed by atoms with Gasteiger partial charge in [0.05, 0.1) is 6.42 Å². The van der Waals surface area contributed by atoms with Gasteiger partial charge in [0.1, 0.15) is 0 Å². The van der Waals surface area contributed by atoms with Crippen molar-refractivity contribution in [1.82, 2.24) is 10.2 Å². The molecule has 20 heavy (non-hydrogen) atoms. The molecule has 0 bridgehead atoms. The van der Waals surface area contributed by atoms with Crippen molar-refractivity contribution in [2.75, 3.05) is 26.3 Å². The summed E-state index contributed by atoms with van der Waals surface area (Å²) < 4.78 is 5.43. The van der Waals surface area contributed by atoms with Gasteiger partial charge >= 0.3 is 12.0 Å². The van der Waals surface area contributed by atoms with Crippen molar-refractivity contribution in [2.24, 2.45) is 5.92 Å². The van der Waals surface area contributed by atoms with Crippen molar-refractivity contribution in [3.05, 3.63) is 0 Å². The summed E-state index contributed by atoms with van der Waals surface area (Å²) in [7, 11) is 0. The average Bonchev–Trinajstić information content (AvgIpc) is 3.17. The first kappa shape index (κ1) is 16.8. The Labute approximate surface area is 120 Å². The number of hydrogen-bond acceptors (Lipinski definition) is 3. The second-order valence-corrected chi connectivity index (χ2v) is 5.62. The summed E-state index contributed by atoms with van der Waals surface area (Å²) in [5, 5.41) is 11.5. The molecule has 0 spiro atoms. The van der Waals surface area contributed by atoms with Crippen LogP contribution in [0.2, 0.25) is 0 Å². The van der Waals surface area contributed by atoms with E-state index >= 15 is 0 Å². The molecular weight excluding hydrogens is 260 g/mol. The molecule has 1 rings (SSSR count). The van der Waals surface area contributed by atoms with E-state index < -0.39 is 5.97 Å². The Morgan fingerprint density at radius 2 is 2.10 bits per heavy atom. The maximum Gasteiger partial charge on any atom is 0.317 e. The minimum atomic E-state index is -0.870. The highest BCUT2D eigenvalue weighted by Gasteiger charge is 2.32. The molecule has 2 amide bonds. The minimum Gasteiger partial charge on any atom is -0.481 e. The molecule has 0 aromatic rings. The zero-order chi connectivity index (χ0) is 15.0. The molecule has 1 saturated carbocycles. The van der Waals surface area contributed by atoms with Crippen LogP contribution in [0.1, 0.15) is 39.5 Å². The van der Waals surface area contributed by atoms with Crippen molar-refractivity contribution < 1.29 is 19.4 Å². The van der Waals surface area contributed by atoms with Gasteiger partial charge in [-0.25, -0.2) is 4.79 Å². The van der Waals surface area contributed by atoms with E-state index in [-0.39, 0.29) is 25.0 Å². The average molecular weight is 286 g/mol. The first-order valence-electron chi connectivity index (χ1n) is 7.34. The molecule has 0 heterocycles. The van der Waals surface area contributed by atoms with Crippen LogP contribution in [0.5, 0.6) is 0 Å². The van der Waals surface area contributed by atoms with E-state index in [0.717, 1.165) is 25.9 Å². The van der Waals surface area contributed by atoms with Crippen LogP contribution in [-0.2, 0) is 9.53 Å². The number of carboxylic acid groups (broad SMARTS) is 1. The zero-order valence-corrected chi connectivity index (χ0v) is 12.4. The Kier molecular flexibility index (Phi) is 7.36. The lowest BCUT2D eigenvalue weighted by Crippen LogP contribution is -2.43. The highest BCUT2D eigenvalue weighted by molar-refractivity contribution is 5.76. The number of ether oxygens (including phenoxy) is 1. The fourth-order valence-corrected chi connectivity index (χ4v) is 1.84. The molecule has 0 radical (unpaired) electrons. The molecule has 0 aliphatic heterocycles. The van der Waals surface area contributed by atoms with Crippen LogP contribution in [0.15, 0.2) is 0 Å². The maximum atomic E-state index is 12.0. The summed E-state index contributed by atoms with van der Waals surface area (Å²) in [5.41, 5.74) is 0. The van der Waals surface area contributed by atoms with Crippen molar-refractivity contribution in [3.63, 3.8) is 0 Å². The van der Waals surface area contributed by atoms with Crippen molar-refractivity contribution in [2.45, 2.75) is 45.6 Å². The topological polar surface area (TPSA) is 78.9 Å². The number of carboxylic acids is 1. The van der Waals surface area contributed by atoms with Gasteiger partial charge in [0.25, 0.3) is 0 Å². The lowest BCUT2D eigenvalue weighted by atomic mass is 10.2. The lowest BCUT2D eigenvalue weighted by molar-refractivity contribution is -0.137. The van der Waals surface area contributed by atoms with Crippen molar-refractivity contribution in [3.8, 4) is 0 Å². The largest absolute Gasteiger partial charge is 0.481 e. The van der Waals surface area contributed by atoms with E-state index in [2.05, 4.69) is 19.2 Å². The number of aliphatic carboxylic acids is 1. The van der Waals surface area contributed by atoms with Crippen LogP contribution in [0, 0.1) is 5.92 Å². The van der Waals surface area contributed by atoms with Crippen LogP contribution >= 0.6 is 0 Å². The van der Waals surface area contributed by atoms with Gasteiger partial charge in [-0.05, 0) is 25.2 Å². The van der Waals surface area contributed by atoms with E-state index in [1.165, 1.54) is 0 Å². The molecule has 0 saturated heterocycles. The Hall–Kier alpha value is -1.30. The monoisotopic (exact) mass is 286 g/mol. The van der Waals surface area contributed by atoms with Gasteiger partial charge < -0.3 is 20.1 Å². The van der Waals surface area contributed by atoms with Crippen LogP contribution in [-0.4, -0.2) is 54.4 Å². The molecule has 1 aliphatic rings. The highest BCUT2D eigenvalue weighted by atomic mass is 16.5. The summed E-state index contributed by atoms with van der Waals surface area (Å²) in [6, 6.07) is 0.0733. The second kappa shape index (κ2) is 8.79. The number of carbonyl (C=O) groups is 2. The molecule has 1 aliphatic carbocycles. The smallest absolute Gasteiger partial charge is 0.317 e. The standard InChI is InChI=1S/C14H26N2O4/c1-11(2)10-20-9-3-7-15-14(19)16(12-4-5-12)8-6-13(17)18/h11-12H,3-10H2,1-2H3,(H,15,19)(H,17,18). The summed E-state index contributed by atoms with van der Waals surface area (Å²) >= 11 is 0. The quantitative estimate of drug-likeness (QED) is 0.599. The Bertz CT molecular complexity index is 316. The van der Waals surface area contributed by atoms with Gasteiger partial charge in [0, 0.05) is 32.3 Å². The molecule has 116 valence electrons. The summed E-state index contributed by atoms with van der Waals surface area (Å²) in [4.78, 5) is 24.2. The third kappa shape index (κ3) is 7.33. The van der Waals surface area contributed by atoms with E-state index in [1.807, 2.05) is 0 Å². The third-order valence-corrected chi connectivity index (χ3v) is 3.01. The number of urea groups is 1. The van der Waals surface area contributed by atoms with Crippen LogP contribution in [0.25, 0.3) is 0 Å². The van der Waals surface area contributed by atoms with Crippen LogP contribution in [0.4, 0.5) is 4.79 Å². The molecule has 2 N–H and O–H groups in total. The van der Waals surface area contributed by atoms with Crippen molar-refractivity contribution >= 4 is 12.0 Å². The SMILES string of the molecule is CC(C)COCCCNC(=O)N(CCC(=O)O)C1CC1. The minimum absolute atomic E-state index is 0.00141. The number of carbonyl (C=O) groups excluding carboxylic acids is 1. The molecule has 0 aromatic carbocycles. The molecule has 0 atom stereocenters. The third-order valence-electron chi connectivity index (χ3n) is 3.01. The van der Waals surface area contributed by atoms with Crippen molar-refractivity contribution in [1.29, 1.82) is 0 Å². The van der Waals surface area contributed by atoms with Gasteiger partial charge in [-0.15, -0.1) is 0 Å². The number of rotatable bonds is 10. The van der Waals surface area contributed by atoms with Gasteiger partial charge in [-0.3, -0.25) is 4.79 Å². The van der Waals surface area contributed by atoms with E-state index in [1.54, 1.807) is 4.90 Å². The van der Waals surface area contributed by atoms with Gasteiger partial charge in [-0.2, -0.15) is 0 Å². The number of amides is 2. The number of nitrogens with zero attached hydrogens (tertiary/aromatic N) is 1. The van der Waals surface area contributed by atoms with E-state index in [9.17, 15) is 9.59 Å². The van der Waals surface area contributed by atoms with Gasteiger partial charge in [-0.1, -0.05) is 13.8 Å². The number of nitrogens with one attached hydrogen (secondary N) is 1. The Morgan fingerprint density at radius 3 is 2.65 bits per heavy atom. The second-order valence-electron chi connectivity index (χ2n) is 5.62. The predicted octanol–water partition coefficient (Wildman–Crippen LogP) is 1.70. The first-order valence-corrected chi connectivity index (χ1v) is 7.34. The Morgan fingerprint density at radius 1 is 1.40 bits per heavy atom. The Balaban J connectivity index is 2.13. The van der Waals surface area contributed by atoms with Crippen LogP contribution < -0.4 is 5.32 Å².